The van der Waals surface area contributed by atoms with E-state index >= 15 is 0 Å². The van der Waals surface area contributed by atoms with Gasteiger partial charge in [0, 0.05) is 17.3 Å². The monoisotopic (exact) mass is 376 g/mol. The van der Waals surface area contributed by atoms with Gasteiger partial charge in [-0.3, -0.25) is 9.78 Å². The first-order valence-corrected chi connectivity index (χ1v) is 7.74. The highest BCUT2D eigenvalue weighted by atomic mass is 19.4. The highest BCUT2D eigenvalue weighted by Crippen LogP contribution is 2.36. The first kappa shape index (κ1) is 17.0. The van der Waals surface area contributed by atoms with Crippen molar-refractivity contribution < 1.29 is 32.2 Å². The Morgan fingerprint density at radius 2 is 1.78 bits per heavy atom. The predicted molar refractivity (Wildman–Crippen MR) is 88.9 cm³/mol. The number of anilines is 1. The molecule has 0 bridgehead atoms. The number of rotatable bonds is 3. The zero-order chi connectivity index (χ0) is 19.0. The van der Waals surface area contributed by atoms with E-state index in [1.807, 2.05) is 0 Å². The van der Waals surface area contributed by atoms with Gasteiger partial charge in [0.25, 0.3) is 5.91 Å². The van der Waals surface area contributed by atoms with Gasteiger partial charge in [-0.25, -0.2) is 0 Å². The summed E-state index contributed by atoms with van der Waals surface area (Å²) in [7, 11) is 0. The Kier molecular flexibility index (Phi) is 3.98. The van der Waals surface area contributed by atoms with Gasteiger partial charge in [0.2, 0.25) is 6.79 Å². The van der Waals surface area contributed by atoms with E-state index in [0.29, 0.717) is 22.6 Å². The van der Waals surface area contributed by atoms with Crippen molar-refractivity contribution in [3.05, 3.63) is 54.4 Å². The van der Waals surface area contributed by atoms with Crippen LogP contribution in [0, 0.1) is 0 Å². The minimum absolute atomic E-state index is 0.104. The van der Waals surface area contributed by atoms with Crippen molar-refractivity contribution in [2.24, 2.45) is 0 Å². The quantitative estimate of drug-likeness (QED) is 0.745. The van der Waals surface area contributed by atoms with Gasteiger partial charge >= 0.3 is 6.36 Å². The lowest BCUT2D eigenvalue weighted by Gasteiger charge is -2.10. The van der Waals surface area contributed by atoms with Crippen molar-refractivity contribution in [3.63, 3.8) is 0 Å². The van der Waals surface area contributed by atoms with E-state index in [1.54, 1.807) is 18.2 Å². The van der Waals surface area contributed by atoms with E-state index in [0.717, 1.165) is 17.5 Å². The summed E-state index contributed by atoms with van der Waals surface area (Å²) in [5, 5.41) is 3.91. The van der Waals surface area contributed by atoms with Crippen LogP contribution >= 0.6 is 0 Å². The van der Waals surface area contributed by atoms with Gasteiger partial charge in [0.15, 0.2) is 11.5 Å². The third kappa shape index (κ3) is 3.57. The van der Waals surface area contributed by atoms with Gasteiger partial charge in [-0.05, 0) is 47.9 Å². The number of alkyl halides is 3. The largest absolute Gasteiger partial charge is 0.573 e. The summed E-state index contributed by atoms with van der Waals surface area (Å²) >= 11 is 0. The van der Waals surface area contributed by atoms with E-state index in [4.69, 9.17) is 9.47 Å². The fourth-order valence-corrected chi connectivity index (χ4v) is 2.67. The van der Waals surface area contributed by atoms with Crippen molar-refractivity contribution in [2.75, 3.05) is 12.1 Å². The van der Waals surface area contributed by atoms with Crippen molar-refractivity contribution in [1.82, 2.24) is 4.98 Å². The zero-order valence-corrected chi connectivity index (χ0v) is 13.5. The van der Waals surface area contributed by atoms with Crippen molar-refractivity contribution in [3.8, 4) is 17.2 Å². The van der Waals surface area contributed by atoms with Crippen LogP contribution < -0.4 is 19.5 Å². The van der Waals surface area contributed by atoms with Gasteiger partial charge in [0.1, 0.15) is 11.4 Å². The average molecular weight is 376 g/mol. The second kappa shape index (κ2) is 6.35. The zero-order valence-electron chi connectivity index (χ0n) is 13.5. The summed E-state index contributed by atoms with van der Waals surface area (Å²) in [6.07, 6.45) is -3.29. The summed E-state index contributed by atoms with van der Waals surface area (Å²) in [5.41, 5.74) is 0.454. The number of pyridine rings is 1. The van der Waals surface area contributed by atoms with Crippen LogP contribution in [0.25, 0.3) is 10.8 Å². The molecule has 0 atom stereocenters. The number of amides is 1. The molecule has 2 heterocycles. The first-order valence-electron chi connectivity index (χ1n) is 7.74. The molecule has 1 N–H and O–H groups in total. The molecule has 0 aliphatic carbocycles. The molecule has 0 saturated carbocycles. The van der Waals surface area contributed by atoms with Gasteiger partial charge < -0.3 is 19.5 Å². The molecular formula is C18H11F3N2O4. The van der Waals surface area contributed by atoms with Crippen LogP contribution in [0.4, 0.5) is 18.9 Å². The molecule has 2 aromatic carbocycles. The highest BCUT2D eigenvalue weighted by molar-refractivity contribution is 6.11. The summed E-state index contributed by atoms with van der Waals surface area (Å²) in [5.74, 6) is 0.207. The number of nitrogens with zero attached hydrogens (tertiary/aromatic N) is 1. The normalized spacial score (nSPS) is 12.9. The molecular weight excluding hydrogens is 365 g/mol. The second-order valence-electron chi connectivity index (χ2n) is 5.61. The van der Waals surface area contributed by atoms with Crippen LogP contribution in [-0.2, 0) is 0 Å². The van der Waals surface area contributed by atoms with Crippen LogP contribution in [0.1, 0.15) is 10.5 Å². The molecule has 27 heavy (non-hydrogen) atoms. The second-order valence-corrected chi connectivity index (χ2v) is 5.61. The number of aromatic nitrogens is 1. The molecule has 1 aromatic heterocycles. The molecule has 0 unspecified atom stereocenters. The van der Waals surface area contributed by atoms with Crippen LogP contribution in [0.2, 0.25) is 0 Å². The lowest BCUT2D eigenvalue weighted by atomic mass is 10.1. The molecule has 1 amide bonds. The fraction of sp³-hybridized carbons (Fsp3) is 0.111. The number of fused-ring (bicyclic) bond motifs is 2. The maximum atomic E-state index is 12.6. The van der Waals surface area contributed by atoms with Crippen molar-refractivity contribution in [1.29, 1.82) is 0 Å². The van der Waals surface area contributed by atoms with Crippen molar-refractivity contribution in [2.45, 2.75) is 6.36 Å². The predicted octanol–water partition coefficient (Wildman–Crippen LogP) is 4.11. The number of hydrogen-bond donors (Lipinski definition) is 1. The number of carbonyl (C=O) groups excluding carboxylic acids is 1. The summed E-state index contributed by atoms with van der Waals surface area (Å²) in [6, 6.07) is 9.98. The summed E-state index contributed by atoms with van der Waals surface area (Å²) < 4.78 is 51.0. The average Bonchev–Trinajstić information content (AvgIpc) is 3.07. The van der Waals surface area contributed by atoms with Crippen LogP contribution in [0.15, 0.2) is 48.7 Å². The molecule has 0 fully saturated rings. The lowest BCUT2D eigenvalue weighted by molar-refractivity contribution is -0.274. The van der Waals surface area contributed by atoms with E-state index in [9.17, 15) is 18.0 Å². The molecule has 1 aliphatic heterocycles. The lowest BCUT2D eigenvalue weighted by Crippen LogP contribution is -2.17. The third-order valence-corrected chi connectivity index (χ3v) is 3.82. The van der Waals surface area contributed by atoms with Gasteiger partial charge in [0.05, 0.1) is 0 Å². The van der Waals surface area contributed by atoms with Crippen LogP contribution in [0.3, 0.4) is 0 Å². The van der Waals surface area contributed by atoms with E-state index in [1.165, 1.54) is 18.3 Å². The molecule has 1 aliphatic rings. The van der Waals surface area contributed by atoms with Crippen LogP contribution in [-0.4, -0.2) is 24.0 Å². The molecule has 3 aromatic rings. The fourth-order valence-electron chi connectivity index (χ4n) is 2.67. The molecule has 6 nitrogen and oxygen atoms in total. The Bertz CT molecular complexity index is 1020. The minimum atomic E-state index is -4.77. The number of halogens is 3. The van der Waals surface area contributed by atoms with E-state index < -0.39 is 12.3 Å². The standard InChI is InChI=1S/C18H11F3N2O4/c19-18(20,21)27-12-3-1-11(2-4-12)23-17(24)16-13-8-15-14(25-9-26-15)7-10(13)5-6-22-16/h1-8H,9H2,(H,23,24). The van der Waals surface area contributed by atoms with Gasteiger partial charge in [-0.2, -0.15) is 0 Å². The number of nitrogens with one attached hydrogen (secondary N) is 1. The highest BCUT2D eigenvalue weighted by Gasteiger charge is 2.31. The third-order valence-electron chi connectivity index (χ3n) is 3.82. The molecule has 0 saturated heterocycles. The molecule has 0 spiro atoms. The maximum absolute atomic E-state index is 12.6. The first-order chi connectivity index (χ1) is 12.9. The Morgan fingerprint density at radius 3 is 2.48 bits per heavy atom. The molecule has 4 rings (SSSR count). The minimum Gasteiger partial charge on any atom is -0.454 e. The van der Waals surface area contributed by atoms with Crippen molar-refractivity contribution >= 4 is 22.4 Å². The number of hydrogen-bond acceptors (Lipinski definition) is 5. The SMILES string of the molecule is O=C(Nc1ccc(OC(F)(F)F)cc1)c1nccc2cc3c(cc12)OCO3. The number of carbonyl (C=O) groups is 1. The van der Waals surface area contributed by atoms with E-state index in [-0.39, 0.29) is 18.2 Å². The summed E-state index contributed by atoms with van der Waals surface area (Å²) in [6.45, 7) is 0.104. The van der Waals surface area contributed by atoms with E-state index in [2.05, 4.69) is 15.0 Å². The molecule has 9 heteroatoms. The molecule has 138 valence electrons. The Morgan fingerprint density at radius 1 is 1.07 bits per heavy atom. The number of benzene rings is 2. The Balaban J connectivity index is 1.58. The smallest absolute Gasteiger partial charge is 0.454 e. The van der Waals surface area contributed by atoms with Gasteiger partial charge in [-0.15, -0.1) is 13.2 Å². The number of ether oxygens (including phenoxy) is 3. The Labute approximate surface area is 150 Å². The molecule has 0 radical (unpaired) electrons. The maximum Gasteiger partial charge on any atom is 0.573 e. The van der Waals surface area contributed by atoms with Crippen LogP contribution in [0.5, 0.6) is 17.2 Å². The topological polar surface area (TPSA) is 69.7 Å². The summed E-state index contributed by atoms with van der Waals surface area (Å²) in [4.78, 5) is 16.7. The van der Waals surface area contributed by atoms with Gasteiger partial charge in [-0.1, -0.05) is 0 Å². The Hall–Kier alpha value is -3.49.